The van der Waals surface area contributed by atoms with Gasteiger partial charge in [0, 0.05) is 31.3 Å². The quantitative estimate of drug-likeness (QED) is 0.808. The Kier molecular flexibility index (Phi) is 4.65. The third kappa shape index (κ3) is 3.20. The molecule has 0 saturated heterocycles. The molecule has 0 radical (unpaired) electrons. The van der Waals surface area contributed by atoms with Gasteiger partial charge in [0.2, 0.25) is 0 Å². The number of carbonyl (C=O) groups excluding carboxylic acids is 1. The number of hydrogen-bond acceptors (Lipinski definition) is 3. The van der Waals surface area contributed by atoms with E-state index in [0.717, 1.165) is 23.4 Å². The van der Waals surface area contributed by atoms with Gasteiger partial charge in [-0.2, -0.15) is 0 Å². The van der Waals surface area contributed by atoms with Crippen molar-refractivity contribution in [2.75, 3.05) is 26.0 Å². The van der Waals surface area contributed by atoms with Gasteiger partial charge < -0.3 is 15.0 Å². The third-order valence-electron chi connectivity index (χ3n) is 5.57. The first-order chi connectivity index (χ1) is 13.1. The fourth-order valence-corrected chi connectivity index (χ4v) is 4.25. The Morgan fingerprint density at radius 3 is 2.67 bits per heavy atom. The predicted octanol–water partition coefficient (Wildman–Crippen LogP) is 4.61. The third-order valence-corrected chi connectivity index (χ3v) is 5.57. The lowest BCUT2D eigenvalue weighted by Crippen LogP contribution is -2.29. The molecule has 0 fully saturated rings. The number of benzene rings is 2. The van der Waals surface area contributed by atoms with Crippen LogP contribution in [0, 0.1) is 5.92 Å². The van der Waals surface area contributed by atoms with E-state index in [2.05, 4.69) is 41.7 Å². The van der Waals surface area contributed by atoms with Crippen molar-refractivity contribution in [1.29, 1.82) is 0 Å². The van der Waals surface area contributed by atoms with Gasteiger partial charge in [0.1, 0.15) is 5.75 Å². The molecule has 1 amide bonds. The van der Waals surface area contributed by atoms with Gasteiger partial charge in [-0.1, -0.05) is 24.3 Å². The second kappa shape index (κ2) is 7.10. The topological polar surface area (TPSA) is 41.6 Å². The van der Waals surface area contributed by atoms with Gasteiger partial charge in [-0.25, -0.2) is 0 Å². The van der Waals surface area contributed by atoms with Crippen LogP contribution in [0.15, 0.2) is 54.6 Å². The largest absolute Gasteiger partial charge is 0.494 e. The summed E-state index contributed by atoms with van der Waals surface area (Å²) in [5.74, 6) is 1.75. The highest BCUT2D eigenvalue weighted by atomic mass is 16.5. The molecule has 0 saturated carbocycles. The van der Waals surface area contributed by atoms with Crippen LogP contribution in [0.1, 0.15) is 46.8 Å². The number of anilines is 1. The maximum Gasteiger partial charge on any atom is 0.253 e. The highest BCUT2D eigenvalue weighted by Crippen LogP contribution is 2.50. The van der Waals surface area contributed by atoms with Gasteiger partial charge in [0.15, 0.2) is 0 Å². The smallest absolute Gasteiger partial charge is 0.253 e. The second-order valence-corrected chi connectivity index (χ2v) is 7.48. The summed E-state index contributed by atoms with van der Waals surface area (Å²) in [6.45, 7) is 2.68. The summed E-state index contributed by atoms with van der Waals surface area (Å²) in [5.41, 5.74) is 4.37. The fraction of sp³-hybridized carbons (Fsp3) is 0.348. The molecular weight excluding hydrogens is 336 g/mol. The number of nitrogens with one attached hydrogen (secondary N) is 1. The molecule has 4 heteroatoms. The van der Waals surface area contributed by atoms with Gasteiger partial charge in [-0.3, -0.25) is 4.79 Å². The van der Waals surface area contributed by atoms with Crippen molar-refractivity contribution in [3.8, 4) is 5.75 Å². The van der Waals surface area contributed by atoms with Crippen molar-refractivity contribution in [3.63, 3.8) is 0 Å². The number of hydrogen-bond donors (Lipinski definition) is 1. The number of fused-ring (bicyclic) bond motifs is 3. The molecule has 4 nitrogen and oxygen atoms in total. The lowest BCUT2D eigenvalue weighted by Gasteiger charge is -2.37. The van der Waals surface area contributed by atoms with E-state index >= 15 is 0 Å². The number of rotatable bonds is 4. The van der Waals surface area contributed by atoms with Crippen molar-refractivity contribution in [2.45, 2.75) is 25.3 Å². The van der Waals surface area contributed by atoms with Gasteiger partial charge in [-0.15, -0.1) is 0 Å². The average molecular weight is 362 g/mol. The highest BCUT2D eigenvalue weighted by Gasteiger charge is 2.38. The van der Waals surface area contributed by atoms with Crippen LogP contribution in [0.3, 0.4) is 0 Å². The number of nitrogens with zero attached hydrogens (tertiary/aromatic N) is 1. The standard InChI is InChI=1S/C23H26N2O2/c1-4-27-17-11-8-15(9-12-17)22-19-7-5-6-18(19)20-14-16(23(26)25(2)3)10-13-21(20)24-22/h5-6,8-14,18-19,22,24H,4,7H2,1-3H3. The van der Waals surface area contributed by atoms with Gasteiger partial charge in [0.25, 0.3) is 5.91 Å². The van der Waals surface area contributed by atoms with E-state index in [9.17, 15) is 4.79 Å². The van der Waals surface area contributed by atoms with Crippen LogP contribution in [0.25, 0.3) is 0 Å². The minimum atomic E-state index is 0.0463. The molecule has 27 heavy (non-hydrogen) atoms. The Hall–Kier alpha value is -2.75. The number of amides is 1. The first kappa shape index (κ1) is 17.7. The van der Waals surface area contributed by atoms with Gasteiger partial charge in [0.05, 0.1) is 12.6 Å². The van der Waals surface area contributed by atoms with Crippen molar-refractivity contribution < 1.29 is 9.53 Å². The highest BCUT2D eigenvalue weighted by molar-refractivity contribution is 5.94. The van der Waals surface area contributed by atoms with Crippen LogP contribution in [-0.2, 0) is 0 Å². The summed E-state index contributed by atoms with van der Waals surface area (Å²) in [4.78, 5) is 14.0. The van der Waals surface area contributed by atoms with Crippen LogP contribution in [0.2, 0.25) is 0 Å². The Morgan fingerprint density at radius 2 is 1.96 bits per heavy atom. The summed E-state index contributed by atoms with van der Waals surface area (Å²) in [7, 11) is 3.58. The molecule has 1 aliphatic carbocycles. The maximum absolute atomic E-state index is 12.4. The Bertz CT molecular complexity index is 870. The van der Waals surface area contributed by atoms with Crippen LogP contribution < -0.4 is 10.1 Å². The molecule has 4 rings (SSSR count). The second-order valence-electron chi connectivity index (χ2n) is 7.48. The van der Waals surface area contributed by atoms with Crippen molar-refractivity contribution in [1.82, 2.24) is 4.90 Å². The predicted molar refractivity (Wildman–Crippen MR) is 108 cm³/mol. The summed E-state index contributed by atoms with van der Waals surface area (Å²) >= 11 is 0. The van der Waals surface area contributed by atoms with E-state index in [0.29, 0.717) is 18.4 Å². The molecule has 0 bridgehead atoms. The molecular formula is C23H26N2O2. The first-order valence-electron chi connectivity index (χ1n) is 9.60. The minimum absolute atomic E-state index is 0.0463. The molecule has 1 N–H and O–H groups in total. The zero-order chi connectivity index (χ0) is 19.0. The Morgan fingerprint density at radius 1 is 1.19 bits per heavy atom. The summed E-state index contributed by atoms with van der Waals surface area (Å²) in [5, 5.41) is 3.73. The SMILES string of the molecule is CCOc1ccc(C2Nc3ccc(C(=O)N(C)C)cc3C3C=CCC32)cc1. The van der Waals surface area contributed by atoms with E-state index in [1.54, 1.807) is 19.0 Å². The molecule has 3 unspecified atom stereocenters. The molecule has 1 aliphatic heterocycles. The molecule has 2 aromatic rings. The average Bonchev–Trinajstić information content (AvgIpc) is 3.17. The maximum atomic E-state index is 12.4. The minimum Gasteiger partial charge on any atom is -0.494 e. The number of carbonyl (C=O) groups is 1. The molecule has 140 valence electrons. The molecule has 1 heterocycles. The lowest BCUT2D eigenvalue weighted by molar-refractivity contribution is 0.0827. The van der Waals surface area contributed by atoms with Crippen LogP contribution in [0.5, 0.6) is 5.75 Å². The summed E-state index contributed by atoms with van der Waals surface area (Å²) in [6.07, 6.45) is 5.62. The van der Waals surface area contributed by atoms with Crippen LogP contribution in [-0.4, -0.2) is 31.5 Å². The summed E-state index contributed by atoms with van der Waals surface area (Å²) < 4.78 is 5.58. The first-order valence-corrected chi connectivity index (χ1v) is 9.60. The Labute approximate surface area is 160 Å². The lowest BCUT2D eigenvalue weighted by atomic mass is 9.76. The van der Waals surface area contributed by atoms with Crippen LogP contribution >= 0.6 is 0 Å². The monoisotopic (exact) mass is 362 g/mol. The normalized spacial score (nSPS) is 22.6. The molecule has 2 aliphatic rings. The molecule has 0 spiro atoms. The van der Waals surface area contributed by atoms with Gasteiger partial charge >= 0.3 is 0 Å². The van der Waals surface area contributed by atoms with E-state index in [1.165, 1.54) is 11.1 Å². The van der Waals surface area contributed by atoms with E-state index in [1.807, 2.05) is 25.1 Å². The van der Waals surface area contributed by atoms with E-state index in [-0.39, 0.29) is 11.9 Å². The molecule has 3 atom stereocenters. The molecule has 0 aromatic heterocycles. The fourth-order valence-electron chi connectivity index (χ4n) is 4.25. The summed E-state index contributed by atoms with van der Waals surface area (Å²) in [6, 6.07) is 14.7. The zero-order valence-corrected chi connectivity index (χ0v) is 16.1. The number of ether oxygens (including phenoxy) is 1. The zero-order valence-electron chi connectivity index (χ0n) is 16.1. The van der Waals surface area contributed by atoms with Crippen molar-refractivity contribution in [2.24, 2.45) is 5.92 Å². The van der Waals surface area contributed by atoms with Gasteiger partial charge in [-0.05, 0) is 60.7 Å². The van der Waals surface area contributed by atoms with E-state index in [4.69, 9.17) is 4.74 Å². The van der Waals surface area contributed by atoms with E-state index < -0.39 is 0 Å². The van der Waals surface area contributed by atoms with Crippen molar-refractivity contribution >= 4 is 11.6 Å². The Balaban J connectivity index is 1.67. The molecule has 2 aromatic carbocycles. The van der Waals surface area contributed by atoms with Crippen LogP contribution in [0.4, 0.5) is 5.69 Å². The number of allylic oxidation sites excluding steroid dienone is 2. The van der Waals surface area contributed by atoms with Crippen molar-refractivity contribution in [3.05, 3.63) is 71.3 Å².